The van der Waals surface area contributed by atoms with Crippen molar-refractivity contribution >= 4 is 46.8 Å². The van der Waals surface area contributed by atoms with Gasteiger partial charge in [0.1, 0.15) is 29.4 Å². The first-order valence-electron chi connectivity index (χ1n) is 23.5. The van der Waals surface area contributed by atoms with Gasteiger partial charge in [0.25, 0.3) is 0 Å². The topological polar surface area (TPSA) is 158 Å². The number of halogens is 2. The van der Waals surface area contributed by atoms with Gasteiger partial charge >= 0.3 is 0 Å². The lowest BCUT2D eigenvalue weighted by Gasteiger charge is -2.46. The van der Waals surface area contributed by atoms with Crippen LogP contribution in [0, 0.1) is 5.92 Å². The molecule has 4 aromatic carbocycles. The number of benzene rings is 4. The first kappa shape index (κ1) is 47.1. The summed E-state index contributed by atoms with van der Waals surface area (Å²) < 4.78 is 8.61. The molecule has 1 aliphatic carbocycles. The Bertz CT molecular complexity index is 2720. The van der Waals surface area contributed by atoms with Gasteiger partial charge in [-0.05, 0) is 110 Å². The van der Waals surface area contributed by atoms with Gasteiger partial charge in [0.05, 0.1) is 36.5 Å². The highest BCUT2D eigenvalue weighted by Gasteiger charge is 2.45. The van der Waals surface area contributed by atoms with E-state index in [1.807, 2.05) is 67.8 Å². The van der Waals surface area contributed by atoms with Gasteiger partial charge in [0.15, 0.2) is 0 Å². The predicted octanol–water partition coefficient (Wildman–Crippen LogP) is 6.92. The number of nitrogens with zero attached hydrogens (tertiary/aromatic N) is 4. The van der Waals surface area contributed by atoms with Crippen LogP contribution in [0.3, 0.4) is 0 Å². The number of carbonyl (C=O) groups excluding carboxylic acids is 4. The molecule has 68 heavy (non-hydrogen) atoms. The average Bonchev–Trinajstić information content (AvgIpc) is 4.11. The number of amides is 4. The van der Waals surface area contributed by atoms with Crippen LogP contribution in [0.15, 0.2) is 109 Å². The molecule has 354 valence electrons. The number of hydrogen-bond donors (Lipinski definition) is 4. The number of fused-ring (bicyclic) bond motifs is 3. The first-order valence-corrected chi connectivity index (χ1v) is 24.2. The third-order valence-electron chi connectivity index (χ3n) is 14.2. The summed E-state index contributed by atoms with van der Waals surface area (Å²) >= 11 is 12.8. The molecule has 15 heteroatoms. The molecule has 9 rings (SSSR count). The van der Waals surface area contributed by atoms with Crippen LogP contribution in [-0.4, -0.2) is 98.5 Å². The fourth-order valence-electron chi connectivity index (χ4n) is 10.5. The molecule has 2 saturated heterocycles. The minimum atomic E-state index is -1.34. The van der Waals surface area contributed by atoms with Gasteiger partial charge in [-0.25, -0.2) is 4.98 Å². The smallest absolute Gasteiger partial charge is 0.245 e. The van der Waals surface area contributed by atoms with Crippen LogP contribution in [0.1, 0.15) is 66.6 Å². The standard InChI is InChI=1S/C53H57Cl2N7O6/c1-33-50(65)58-45(31-63)51(66)59-53(27-34-8-14-39(54)15-9-34)21-5-23-61(32-53)52(67)44(43-19-13-36-6-3-4-7-42(36)43)26-49(64)62(33)30-38-10-16-40(55)25-47(38)68-41-17-11-37(12-18-41)46-29-57-48(60(46)2)24-35-20-22-56-28-35/h3-4,6-12,14-18,20,25,29,33,43-45,56,63H,5,13,19,21-24,26-28,30-32H2,1-2H3,(H,58,65)(H,59,66)/t33-,43+,44-,45-,53+/m0/s1. The normalized spacial score (nSPS) is 23.5. The number of hydrogen-bond acceptors (Lipinski definition) is 8. The molecule has 0 saturated carbocycles. The van der Waals surface area contributed by atoms with Crippen LogP contribution < -0.4 is 20.7 Å². The molecule has 4 N–H and O–H groups in total. The van der Waals surface area contributed by atoms with E-state index in [0.717, 1.165) is 59.7 Å². The van der Waals surface area contributed by atoms with Gasteiger partial charge in [0, 0.05) is 67.2 Å². The third kappa shape index (κ3) is 10.2. The molecule has 4 amide bonds. The van der Waals surface area contributed by atoms with Crippen molar-refractivity contribution in [2.75, 3.05) is 32.8 Å². The van der Waals surface area contributed by atoms with Crippen molar-refractivity contribution in [2.24, 2.45) is 13.0 Å². The molecule has 1 aromatic heterocycles. The summed E-state index contributed by atoms with van der Waals surface area (Å²) in [6.45, 7) is 3.18. The molecule has 0 radical (unpaired) electrons. The van der Waals surface area contributed by atoms with E-state index in [9.17, 15) is 14.7 Å². The van der Waals surface area contributed by atoms with E-state index in [1.54, 1.807) is 42.2 Å². The van der Waals surface area contributed by atoms with Crippen molar-refractivity contribution in [1.29, 1.82) is 0 Å². The summed E-state index contributed by atoms with van der Waals surface area (Å²) in [5.74, 6) is -0.951. The fraction of sp³-hybridized carbons (Fsp3) is 0.377. The second-order valence-electron chi connectivity index (χ2n) is 18.7. The molecule has 13 nitrogen and oxygen atoms in total. The Morgan fingerprint density at radius 3 is 2.47 bits per heavy atom. The SMILES string of the molecule is C[C@H]1C(=O)N[C@@H](CO)C(=O)N[C@@]2(Cc3ccc(Cl)cc3)CCCN(C2)C(=O)[C@H]([C@@H]2CCc3ccccc32)CC(=O)N1Cc1ccc(Cl)cc1Oc1ccc(-c2cnc(CC3=CCNC3)n2C)cc1. The predicted molar refractivity (Wildman–Crippen MR) is 261 cm³/mol. The highest BCUT2D eigenvalue weighted by atomic mass is 35.5. The van der Waals surface area contributed by atoms with E-state index in [4.69, 9.17) is 32.9 Å². The highest BCUT2D eigenvalue weighted by Crippen LogP contribution is 2.42. The Morgan fingerprint density at radius 2 is 1.71 bits per heavy atom. The van der Waals surface area contributed by atoms with Gasteiger partial charge < -0.3 is 40.2 Å². The van der Waals surface area contributed by atoms with Crippen molar-refractivity contribution in [1.82, 2.24) is 35.3 Å². The lowest BCUT2D eigenvalue weighted by molar-refractivity contribution is -0.148. The molecule has 3 aliphatic heterocycles. The summed E-state index contributed by atoms with van der Waals surface area (Å²) in [6.07, 6.45) is 7.66. The fourth-order valence-corrected chi connectivity index (χ4v) is 10.8. The van der Waals surface area contributed by atoms with Crippen LogP contribution in [0.4, 0.5) is 0 Å². The molecule has 0 unspecified atom stereocenters. The number of aliphatic hydroxyl groups excluding tert-OH is 1. The van der Waals surface area contributed by atoms with E-state index >= 15 is 9.59 Å². The molecule has 0 spiro atoms. The van der Waals surface area contributed by atoms with Crippen molar-refractivity contribution in [3.8, 4) is 22.8 Å². The van der Waals surface area contributed by atoms with Crippen molar-refractivity contribution in [3.63, 3.8) is 0 Å². The summed E-state index contributed by atoms with van der Waals surface area (Å²) in [5, 5.41) is 20.9. The number of imidazole rings is 1. The number of aliphatic hydroxyl groups is 1. The first-order chi connectivity index (χ1) is 32.9. The Balaban J connectivity index is 1.03. The van der Waals surface area contributed by atoms with Gasteiger partial charge in [-0.1, -0.05) is 77.3 Å². The van der Waals surface area contributed by atoms with Gasteiger partial charge in [-0.3, -0.25) is 19.2 Å². The van der Waals surface area contributed by atoms with Gasteiger partial charge in [-0.15, -0.1) is 0 Å². The number of ether oxygens (including phenoxy) is 1. The molecular weight excluding hydrogens is 902 g/mol. The van der Waals surface area contributed by atoms with E-state index in [2.05, 4.69) is 32.7 Å². The minimum Gasteiger partial charge on any atom is -0.457 e. The Hall–Kier alpha value is -5.99. The van der Waals surface area contributed by atoms with Crippen LogP contribution in [0.2, 0.25) is 10.0 Å². The van der Waals surface area contributed by atoms with Crippen LogP contribution in [0.25, 0.3) is 11.3 Å². The van der Waals surface area contributed by atoms with Gasteiger partial charge in [0.2, 0.25) is 23.6 Å². The van der Waals surface area contributed by atoms with E-state index in [1.165, 1.54) is 10.5 Å². The van der Waals surface area contributed by atoms with Gasteiger partial charge in [-0.2, -0.15) is 0 Å². The molecule has 2 fully saturated rings. The minimum absolute atomic E-state index is 0.0895. The highest BCUT2D eigenvalue weighted by molar-refractivity contribution is 6.31. The summed E-state index contributed by atoms with van der Waals surface area (Å²) in [6, 6.07) is 25.7. The van der Waals surface area contributed by atoms with E-state index in [-0.39, 0.29) is 31.3 Å². The molecular formula is C53H57Cl2N7O6. The third-order valence-corrected chi connectivity index (χ3v) is 14.7. The maximum Gasteiger partial charge on any atom is 0.245 e. The number of aryl methyl sites for hydroxylation is 1. The summed E-state index contributed by atoms with van der Waals surface area (Å²) in [5.41, 5.74) is 5.97. The molecule has 4 aliphatic rings. The number of piperidine rings is 1. The van der Waals surface area contributed by atoms with E-state index in [0.29, 0.717) is 59.3 Å². The van der Waals surface area contributed by atoms with Crippen LogP contribution in [-0.2, 0) is 52.0 Å². The second kappa shape index (κ2) is 20.3. The van der Waals surface area contributed by atoms with Crippen LogP contribution in [0.5, 0.6) is 11.5 Å². The molecule has 2 bridgehead atoms. The lowest BCUT2D eigenvalue weighted by atomic mass is 9.80. The lowest BCUT2D eigenvalue weighted by Crippen LogP contribution is -2.65. The Labute approximate surface area is 406 Å². The molecule has 5 aromatic rings. The molecule has 5 atom stereocenters. The second-order valence-corrected chi connectivity index (χ2v) is 19.6. The zero-order valence-corrected chi connectivity index (χ0v) is 39.9. The zero-order valence-electron chi connectivity index (χ0n) is 38.3. The maximum atomic E-state index is 15.3. The van der Waals surface area contributed by atoms with Crippen LogP contribution >= 0.6 is 23.2 Å². The number of carbonyl (C=O) groups is 4. The quantitative estimate of drug-likeness (QED) is 0.104. The molecule has 4 heterocycles. The Morgan fingerprint density at radius 1 is 0.926 bits per heavy atom. The average molecular weight is 959 g/mol. The number of aromatic nitrogens is 2. The van der Waals surface area contributed by atoms with Crippen molar-refractivity contribution < 1.29 is 29.0 Å². The van der Waals surface area contributed by atoms with Crippen molar-refractivity contribution in [3.05, 3.63) is 147 Å². The number of nitrogens with one attached hydrogen (secondary N) is 3. The zero-order chi connectivity index (χ0) is 47.5. The van der Waals surface area contributed by atoms with Crippen molar-refractivity contribution in [2.45, 2.75) is 82.0 Å². The maximum absolute atomic E-state index is 15.3. The Kier molecular flexibility index (Phi) is 14.1. The monoisotopic (exact) mass is 957 g/mol. The largest absolute Gasteiger partial charge is 0.457 e. The van der Waals surface area contributed by atoms with E-state index < -0.39 is 47.9 Å². The summed E-state index contributed by atoms with van der Waals surface area (Å²) in [4.78, 5) is 67.0. The number of rotatable bonds is 11. The summed E-state index contributed by atoms with van der Waals surface area (Å²) in [7, 11) is 2.01.